The normalized spacial score (nSPS) is 14.3. The van der Waals surface area contributed by atoms with Crippen molar-refractivity contribution in [3.05, 3.63) is 58.2 Å². The molecular weight excluding hydrogens is 331 g/mol. The van der Waals surface area contributed by atoms with Gasteiger partial charge in [-0.1, -0.05) is 6.07 Å². The highest BCUT2D eigenvalue weighted by Crippen LogP contribution is 2.25. The topological polar surface area (TPSA) is 60.2 Å². The van der Waals surface area contributed by atoms with E-state index < -0.39 is 0 Å². The van der Waals surface area contributed by atoms with E-state index in [1.165, 1.54) is 6.07 Å². The molecule has 26 heavy (non-hydrogen) atoms. The van der Waals surface area contributed by atoms with E-state index in [4.69, 9.17) is 0 Å². The molecule has 1 aliphatic heterocycles. The maximum absolute atomic E-state index is 13.7. The van der Waals surface area contributed by atoms with Gasteiger partial charge in [-0.15, -0.1) is 0 Å². The van der Waals surface area contributed by atoms with E-state index in [2.05, 4.69) is 16.0 Å². The Kier molecular flexibility index (Phi) is 4.90. The molecular formula is C20H21FN4O. The van der Waals surface area contributed by atoms with Crippen LogP contribution in [0.3, 0.4) is 0 Å². The Bertz CT molecular complexity index is 895. The molecule has 1 aromatic carbocycles. The first-order chi connectivity index (χ1) is 12.4. The van der Waals surface area contributed by atoms with E-state index in [0.717, 1.165) is 17.1 Å². The molecule has 0 aliphatic carbocycles. The number of aryl methyl sites for hydroxylation is 3. The van der Waals surface area contributed by atoms with Crippen molar-refractivity contribution in [3.8, 4) is 6.07 Å². The number of pyridine rings is 1. The predicted octanol–water partition coefficient (Wildman–Crippen LogP) is 2.98. The van der Waals surface area contributed by atoms with Crippen molar-refractivity contribution in [2.75, 3.05) is 31.1 Å². The lowest BCUT2D eigenvalue weighted by atomic mass is 10.1. The molecule has 1 aliphatic rings. The van der Waals surface area contributed by atoms with Crippen LogP contribution in [0.2, 0.25) is 0 Å². The second-order valence-electron chi connectivity index (χ2n) is 6.60. The van der Waals surface area contributed by atoms with Gasteiger partial charge in [0.2, 0.25) is 0 Å². The second kappa shape index (κ2) is 7.12. The summed E-state index contributed by atoms with van der Waals surface area (Å²) in [5.41, 5.74) is 3.93. The van der Waals surface area contributed by atoms with Crippen molar-refractivity contribution < 1.29 is 9.18 Å². The molecule has 0 spiro atoms. The Balaban J connectivity index is 1.75. The van der Waals surface area contributed by atoms with E-state index in [9.17, 15) is 14.4 Å². The molecule has 1 fully saturated rings. The van der Waals surface area contributed by atoms with E-state index >= 15 is 0 Å². The summed E-state index contributed by atoms with van der Waals surface area (Å²) in [5, 5.41) is 9.44. The Morgan fingerprint density at radius 1 is 1.15 bits per heavy atom. The first-order valence-corrected chi connectivity index (χ1v) is 8.59. The van der Waals surface area contributed by atoms with Crippen molar-refractivity contribution in [3.63, 3.8) is 0 Å². The molecule has 3 rings (SSSR count). The first kappa shape index (κ1) is 17.9. The summed E-state index contributed by atoms with van der Waals surface area (Å²) in [6.07, 6.45) is 0. The number of anilines is 1. The van der Waals surface area contributed by atoms with Gasteiger partial charge in [0.25, 0.3) is 5.91 Å². The van der Waals surface area contributed by atoms with Crippen LogP contribution in [0.4, 0.5) is 10.1 Å². The molecule has 0 unspecified atom stereocenters. The summed E-state index contributed by atoms with van der Waals surface area (Å²) < 4.78 is 13.7. The summed E-state index contributed by atoms with van der Waals surface area (Å²) in [7, 11) is 0. The van der Waals surface area contributed by atoms with Crippen LogP contribution in [-0.4, -0.2) is 42.0 Å². The van der Waals surface area contributed by atoms with Crippen LogP contribution >= 0.6 is 0 Å². The summed E-state index contributed by atoms with van der Waals surface area (Å²) in [5.74, 6) is -0.526. The Labute approximate surface area is 152 Å². The van der Waals surface area contributed by atoms with Crippen molar-refractivity contribution >= 4 is 11.6 Å². The van der Waals surface area contributed by atoms with Gasteiger partial charge in [-0.05, 0) is 44.5 Å². The molecule has 0 saturated carbocycles. The van der Waals surface area contributed by atoms with Gasteiger partial charge in [-0.25, -0.2) is 4.39 Å². The number of hydrogen-bond donors (Lipinski definition) is 0. The largest absolute Gasteiger partial charge is 0.367 e. The molecule has 2 aromatic rings. The maximum atomic E-state index is 13.7. The van der Waals surface area contributed by atoms with Crippen molar-refractivity contribution in [1.82, 2.24) is 9.88 Å². The van der Waals surface area contributed by atoms with Gasteiger partial charge in [0.1, 0.15) is 11.9 Å². The lowest BCUT2D eigenvalue weighted by Gasteiger charge is -2.36. The van der Waals surface area contributed by atoms with Gasteiger partial charge in [-0.3, -0.25) is 9.78 Å². The molecule has 6 heteroatoms. The zero-order valence-electron chi connectivity index (χ0n) is 15.2. The van der Waals surface area contributed by atoms with Crippen LogP contribution in [0.15, 0.2) is 24.3 Å². The fraction of sp³-hybridized carbons (Fsp3) is 0.350. The van der Waals surface area contributed by atoms with Gasteiger partial charge in [0.05, 0.1) is 16.9 Å². The number of nitrogens with zero attached hydrogens (tertiary/aromatic N) is 4. The van der Waals surface area contributed by atoms with Crippen LogP contribution < -0.4 is 4.90 Å². The van der Waals surface area contributed by atoms with Crippen molar-refractivity contribution in [2.45, 2.75) is 20.8 Å². The lowest BCUT2D eigenvalue weighted by molar-refractivity contribution is 0.0746. The lowest BCUT2D eigenvalue weighted by Crippen LogP contribution is -2.49. The molecule has 0 atom stereocenters. The molecule has 134 valence electrons. The van der Waals surface area contributed by atoms with Crippen LogP contribution in [-0.2, 0) is 0 Å². The highest BCUT2D eigenvalue weighted by Gasteiger charge is 2.24. The van der Waals surface area contributed by atoms with Gasteiger partial charge in [0, 0.05) is 37.4 Å². The summed E-state index contributed by atoms with van der Waals surface area (Å²) in [6.45, 7) is 7.71. The molecule has 1 aromatic heterocycles. The van der Waals surface area contributed by atoms with Crippen LogP contribution in [0, 0.1) is 37.9 Å². The molecule has 5 nitrogen and oxygen atoms in total. The summed E-state index contributed by atoms with van der Waals surface area (Å²) in [4.78, 5) is 20.8. The second-order valence-corrected chi connectivity index (χ2v) is 6.60. The van der Waals surface area contributed by atoms with Gasteiger partial charge in [-0.2, -0.15) is 5.26 Å². The highest BCUT2D eigenvalue weighted by atomic mass is 19.1. The molecule has 1 saturated heterocycles. The predicted molar refractivity (Wildman–Crippen MR) is 97.7 cm³/mol. The Morgan fingerprint density at radius 3 is 2.46 bits per heavy atom. The third-order valence-corrected chi connectivity index (χ3v) is 4.75. The third kappa shape index (κ3) is 3.38. The number of nitriles is 1. The number of aromatic nitrogens is 1. The SMILES string of the molecule is Cc1cc(N2CCN(C(=O)c3ccc(C)c(F)c3)CC2)c(C#N)c(C)n1. The zero-order valence-corrected chi connectivity index (χ0v) is 15.2. The number of piperazine rings is 1. The molecule has 2 heterocycles. The number of benzene rings is 1. The van der Waals surface area contributed by atoms with Gasteiger partial charge >= 0.3 is 0 Å². The number of amides is 1. The minimum atomic E-state index is -0.365. The minimum absolute atomic E-state index is 0.161. The van der Waals surface area contributed by atoms with Crippen molar-refractivity contribution in [1.29, 1.82) is 5.26 Å². The monoisotopic (exact) mass is 352 g/mol. The molecule has 0 radical (unpaired) electrons. The summed E-state index contributed by atoms with van der Waals surface area (Å²) in [6, 6.07) is 8.74. The highest BCUT2D eigenvalue weighted by molar-refractivity contribution is 5.94. The first-order valence-electron chi connectivity index (χ1n) is 8.59. The number of halogens is 1. The number of hydrogen-bond acceptors (Lipinski definition) is 4. The smallest absolute Gasteiger partial charge is 0.254 e. The minimum Gasteiger partial charge on any atom is -0.367 e. The van der Waals surface area contributed by atoms with Gasteiger partial charge < -0.3 is 9.80 Å². The quantitative estimate of drug-likeness (QED) is 0.834. The average molecular weight is 352 g/mol. The maximum Gasteiger partial charge on any atom is 0.254 e. The number of carbonyl (C=O) groups excluding carboxylic acids is 1. The van der Waals surface area contributed by atoms with Crippen LogP contribution in [0.25, 0.3) is 0 Å². The third-order valence-electron chi connectivity index (χ3n) is 4.75. The van der Waals surface area contributed by atoms with Crippen LogP contribution in [0.5, 0.6) is 0 Å². The van der Waals surface area contributed by atoms with E-state index in [0.29, 0.717) is 42.9 Å². The van der Waals surface area contributed by atoms with E-state index in [-0.39, 0.29) is 11.7 Å². The fourth-order valence-electron chi connectivity index (χ4n) is 3.25. The molecule has 1 amide bonds. The average Bonchev–Trinajstić information content (AvgIpc) is 2.63. The summed E-state index contributed by atoms with van der Waals surface area (Å²) >= 11 is 0. The van der Waals surface area contributed by atoms with E-state index in [1.807, 2.05) is 19.9 Å². The molecule has 0 bridgehead atoms. The standard InChI is InChI=1S/C20H21FN4O/c1-13-4-5-16(11-18(13)21)20(26)25-8-6-24(7-9-25)19-10-14(2)23-15(3)17(19)12-22/h4-5,10-11H,6-9H2,1-3H3. The van der Waals surface area contributed by atoms with Crippen LogP contribution in [0.1, 0.15) is 32.9 Å². The Morgan fingerprint density at radius 2 is 1.85 bits per heavy atom. The van der Waals surface area contributed by atoms with Crippen molar-refractivity contribution in [2.24, 2.45) is 0 Å². The zero-order chi connectivity index (χ0) is 18.8. The molecule has 0 N–H and O–H groups in total. The van der Waals surface area contributed by atoms with E-state index in [1.54, 1.807) is 24.0 Å². The number of rotatable bonds is 2. The fourth-order valence-corrected chi connectivity index (χ4v) is 3.25. The van der Waals surface area contributed by atoms with Gasteiger partial charge in [0.15, 0.2) is 0 Å². The Hall–Kier alpha value is -2.94. The number of carbonyl (C=O) groups is 1.